The third kappa shape index (κ3) is 3.57. The van der Waals surface area contributed by atoms with Crippen LogP contribution in [0.5, 0.6) is 0 Å². The van der Waals surface area contributed by atoms with E-state index in [0.717, 1.165) is 22.2 Å². The second kappa shape index (κ2) is 7.17. The molecule has 0 saturated heterocycles. The fraction of sp³-hybridized carbons (Fsp3) is 0.105. The molecule has 0 bridgehead atoms. The van der Waals surface area contributed by atoms with Crippen molar-refractivity contribution in [1.82, 2.24) is 24.9 Å². The van der Waals surface area contributed by atoms with Crippen molar-refractivity contribution in [3.8, 4) is 6.07 Å². The lowest BCUT2D eigenvalue weighted by Crippen LogP contribution is -2.04. The van der Waals surface area contributed by atoms with Gasteiger partial charge in [-0.1, -0.05) is 6.07 Å². The average Bonchev–Trinajstić information content (AvgIpc) is 3.11. The highest BCUT2D eigenvalue weighted by molar-refractivity contribution is 5.78. The Morgan fingerprint density at radius 2 is 2.11 bits per heavy atom. The molecule has 0 aliphatic rings. The molecule has 0 unspecified atom stereocenters. The fourth-order valence-corrected chi connectivity index (χ4v) is 2.80. The number of nitrogens with one attached hydrogen (secondary N) is 2. The van der Waals surface area contributed by atoms with E-state index in [-0.39, 0.29) is 0 Å². The van der Waals surface area contributed by atoms with Gasteiger partial charge in [-0.25, -0.2) is 19.9 Å². The fourth-order valence-electron chi connectivity index (χ4n) is 2.80. The number of halogens is 1. The number of aromatic amines is 1. The maximum absolute atomic E-state index is 14.4. The Kier molecular flexibility index (Phi) is 4.41. The zero-order valence-corrected chi connectivity index (χ0v) is 14.1. The number of fused-ring (bicyclic) bond motifs is 1. The van der Waals surface area contributed by atoms with Gasteiger partial charge in [0, 0.05) is 42.5 Å². The molecule has 132 valence electrons. The maximum Gasteiger partial charge on any atom is 0.218 e. The number of anilines is 1. The van der Waals surface area contributed by atoms with Crippen molar-refractivity contribution < 1.29 is 4.39 Å². The minimum Gasteiger partial charge on any atom is -0.366 e. The summed E-state index contributed by atoms with van der Waals surface area (Å²) in [6, 6.07) is 8.90. The lowest BCUT2D eigenvalue weighted by Gasteiger charge is -2.08. The molecule has 0 aliphatic heterocycles. The third-order valence-corrected chi connectivity index (χ3v) is 4.16. The Hall–Kier alpha value is -3.86. The van der Waals surface area contributed by atoms with Gasteiger partial charge >= 0.3 is 0 Å². The second-order valence-electron chi connectivity index (χ2n) is 5.94. The highest BCUT2D eigenvalue weighted by Crippen LogP contribution is 2.20. The molecule has 0 aromatic carbocycles. The molecule has 4 rings (SSSR count). The molecule has 4 aromatic heterocycles. The van der Waals surface area contributed by atoms with Crippen LogP contribution in [0.25, 0.3) is 11.0 Å². The van der Waals surface area contributed by atoms with Gasteiger partial charge in [0.05, 0.1) is 0 Å². The smallest absolute Gasteiger partial charge is 0.218 e. The van der Waals surface area contributed by atoms with E-state index in [1.165, 1.54) is 6.33 Å². The lowest BCUT2D eigenvalue weighted by atomic mass is 10.1. The molecule has 4 aromatic rings. The normalized spacial score (nSPS) is 10.7. The van der Waals surface area contributed by atoms with Crippen molar-refractivity contribution in [3.63, 3.8) is 0 Å². The van der Waals surface area contributed by atoms with Gasteiger partial charge in [0.1, 0.15) is 29.6 Å². The summed E-state index contributed by atoms with van der Waals surface area (Å²) < 4.78 is 14.4. The third-order valence-electron chi connectivity index (χ3n) is 4.16. The Labute approximate surface area is 154 Å². The molecule has 7 nitrogen and oxygen atoms in total. The van der Waals surface area contributed by atoms with Crippen LogP contribution >= 0.6 is 0 Å². The van der Waals surface area contributed by atoms with E-state index >= 15 is 0 Å². The van der Waals surface area contributed by atoms with Crippen molar-refractivity contribution >= 4 is 16.9 Å². The summed E-state index contributed by atoms with van der Waals surface area (Å²) in [4.78, 5) is 19.1. The van der Waals surface area contributed by atoms with Crippen molar-refractivity contribution in [2.24, 2.45) is 0 Å². The van der Waals surface area contributed by atoms with E-state index in [4.69, 9.17) is 5.26 Å². The second-order valence-corrected chi connectivity index (χ2v) is 5.94. The Bertz CT molecular complexity index is 1150. The predicted molar refractivity (Wildman–Crippen MR) is 97.2 cm³/mol. The summed E-state index contributed by atoms with van der Waals surface area (Å²) in [6.07, 6.45) is 6.94. The van der Waals surface area contributed by atoms with Crippen molar-refractivity contribution in [2.45, 2.75) is 13.0 Å². The van der Waals surface area contributed by atoms with Gasteiger partial charge in [0.2, 0.25) is 5.95 Å². The number of aromatic nitrogens is 5. The SMILES string of the molecule is N#Cc1cc(CNc2ccc(Cc3c[nH]c4ncncc34)c(F)n2)ccn1. The summed E-state index contributed by atoms with van der Waals surface area (Å²) in [7, 11) is 0. The van der Waals surface area contributed by atoms with Gasteiger partial charge in [-0.3, -0.25) is 0 Å². The molecule has 27 heavy (non-hydrogen) atoms. The van der Waals surface area contributed by atoms with E-state index < -0.39 is 5.95 Å². The van der Waals surface area contributed by atoms with Gasteiger partial charge in [-0.2, -0.15) is 9.65 Å². The van der Waals surface area contributed by atoms with Crippen molar-refractivity contribution in [2.75, 3.05) is 5.32 Å². The molecule has 0 aliphatic carbocycles. The molecular weight excluding hydrogens is 345 g/mol. The Morgan fingerprint density at radius 1 is 1.19 bits per heavy atom. The quantitative estimate of drug-likeness (QED) is 0.531. The standard InChI is InChI=1S/C19H14FN7/c20-18-13(6-14-9-25-19-16(14)10-22-11-26-19)1-2-17(27-18)24-8-12-3-4-23-15(5-12)7-21/h1-5,9-11H,6,8H2,(H,24,27)(H,22,25,26). The van der Waals surface area contributed by atoms with Crippen LogP contribution in [0, 0.1) is 17.3 Å². The first-order valence-corrected chi connectivity index (χ1v) is 8.23. The van der Waals surface area contributed by atoms with Gasteiger partial charge in [-0.05, 0) is 29.3 Å². The average molecular weight is 359 g/mol. The van der Waals surface area contributed by atoms with Crippen LogP contribution in [-0.4, -0.2) is 24.9 Å². The van der Waals surface area contributed by atoms with Crippen LogP contribution in [0.1, 0.15) is 22.4 Å². The Balaban J connectivity index is 1.48. The molecule has 0 amide bonds. The summed E-state index contributed by atoms with van der Waals surface area (Å²) in [5.74, 6) is -0.104. The lowest BCUT2D eigenvalue weighted by molar-refractivity contribution is 0.571. The van der Waals surface area contributed by atoms with Crippen LogP contribution < -0.4 is 5.32 Å². The minimum absolute atomic E-state index is 0.339. The summed E-state index contributed by atoms with van der Waals surface area (Å²) >= 11 is 0. The van der Waals surface area contributed by atoms with Crippen molar-refractivity contribution in [1.29, 1.82) is 5.26 Å². The molecule has 4 heterocycles. The Morgan fingerprint density at radius 3 is 2.96 bits per heavy atom. The van der Waals surface area contributed by atoms with Crippen LogP contribution in [0.3, 0.4) is 0 Å². The summed E-state index contributed by atoms with van der Waals surface area (Å²) in [5, 5.41) is 12.8. The summed E-state index contributed by atoms with van der Waals surface area (Å²) in [5.41, 5.74) is 3.33. The van der Waals surface area contributed by atoms with E-state index in [1.54, 1.807) is 42.9 Å². The molecule has 8 heteroatoms. The molecule has 0 saturated carbocycles. The number of pyridine rings is 2. The molecule has 0 fully saturated rings. The first-order chi connectivity index (χ1) is 13.2. The van der Waals surface area contributed by atoms with Crippen molar-refractivity contribution in [3.05, 3.63) is 77.5 Å². The van der Waals surface area contributed by atoms with Gasteiger partial charge in [0.25, 0.3) is 0 Å². The van der Waals surface area contributed by atoms with Gasteiger partial charge in [-0.15, -0.1) is 0 Å². The van der Waals surface area contributed by atoms with Crippen LogP contribution in [0.2, 0.25) is 0 Å². The van der Waals surface area contributed by atoms with Gasteiger partial charge in [0.15, 0.2) is 0 Å². The number of hydrogen-bond donors (Lipinski definition) is 2. The first kappa shape index (κ1) is 16.6. The molecular formula is C19H14FN7. The minimum atomic E-state index is -0.529. The van der Waals surface area contributed by atoms with E-state index in [0.29, 0.717) is 30.0 Å². The molecule has 0 spiro atoms. The summed E-state index contributed by atoms with van der Waals surface area (Å²) in [6.45, 7) is 0.419. The number of nitrogens with zero attached hydrogens (tertiary/aromatic N) is 5. The van der Waals surface area contributed by atoms with E-state index in [1.807, 2.05) is 6.07 Å². The zero-order valence-electron chi connectivity index (χ0n) is 14.1. The molecule has 2 N–H and O–H groups in total. The maximum atomic E-state index is 14.4. The van der Waals surface area contributed by atoms with Crippen LogP contribution in [-0.2, 0) is 13.0 Å². The van der Waals surface area contributed by atoms with Crippen LogP contribution in [0.15, 0.2) is 49.2 Å². The first-order valence-electron chi connectivity index (χ1n) is 8.23. The highest BCUT2D eigenvalue weighted by atomic mass is 19.1. The molecule has 0 radical (unpaired) electrons. The zero-order chi connectivity index (χ0) is 18.6. The number of nitriles is 1. The predicted octanol–water partition coefficient (Wildman–Crippen LogP) is 2.96. The largest absolute Gasteiger partial charge is 0.366 e. The van der Waals surface area contributed by atoms with E-state index in [2.05, 4.69) is 30.2 Å². The van der Waals surface area contributed by atoms with E-state index in [9.17, 15) is 4.39 Å². The number of rotatable bonds is 5. The number of hydrogen-bond acceptors (Lipinski definition) is 6. The van der Waals surface area contributed by atoms with Crippen LogP contribution in [0.4, 0.5) is 10.2 Å². The number of H-pyrrole nitrogens is 1. The monoisotopic (exact) mass is 359 g/mol. The topological polar surface area (TPSA) is 103 Å². The highest BCUT2D eigenvalue weighted by Gasteiger charge is 2.10. The van der Waals surface area contributed by atoms with Gasteiger partial charge < -0.3 is 10.3 Å². The molecule has 0 atom stereocenters.